The maximum atomic E-state index is 5.77. The van der Waals surface area contributed by atoms with E-state index in [2.05, 4.69) is 58.7 Å². The summed E-state index contributed by atoms with van der Waals surface area (Å²) in [6, 6.07) is 14.0. The summed E-state index contributed by atoms with van der Waals surface area (Å²) in [6.45, 7) is 5.89. The Morgan fingerprint density at radius 1 is 1.11 bits per heavy atom. The lowest BCUT2D eigenvalue weighted by Gasteiger charge is -2.11. The summed E-state index contributed by atoms with van der Waals surface area (Å²) in [6.07, 6.45) is 2.82. The van der Waals surface area contributed by atoms with Crippen molar-refractivity contribution in [2.75, 3.05) is 33.8 Å². The van der Waals surface area contributed by atoms with Crippen molar-refractivity contribution in [3.8, 4) is 5.75 Å². The smallest absolute Gasteiger partial charge is 0.191 e. The molecule has 0 atom stereocenters. The average molecular weight is 497 g/mol. The Labute approximate surface area is 185 Å². The number of rotatable bonds is 10. The van der Waals surface area contributed by atoms with Crippen molar-refractivity contribution in [1.82, 2.24) is 20.5 Å². The minimum Gasteiger partial charge on any atom is -0.494 e. The maximum absolute atomic E-state index is 5.77. The van der Waals surface area contributed by atoms with E-state index in [0.29, 0.717) is 13.1 Å². The molecule has 28 heavy (non-hydrogen) atoms. The van der Waals surface area contributed by atoms with Crippen molar-refractivity contribution < 1.29 is 4.74 Å². The highest BCUT2D eigenvalue weighted by atomic mass is 127. The third-order valence-corrected chi connectivity index (χ3v) is 3.87. The molecule has 1 heterocycles. The molecule has 2 N–H and O–H groups in total. The zero-order chi connectivity index (χ0) is 19.3. The number of benzene rings is 1. The number of aliphatic imine (C=N–C) groups is 1. The van der Waals surface area contributed by atoms with Gasteiger partial charge < -0.3 is 20.3 Å². The van der Waals surface area contributed by atoms with Crippen LogP contribution >= 0.6 is 24.0 Å². The summed E-state index contributed by atoms with van der Waals surface area (Å²) in [7, 11) is 4.14. The zero-order valence-corrected chi connectivity index (χ0v) is 19.3. The summed E-state index contributed by atoms with van der Waals surface area (Å²) >= 11 is 0. The van der Waals surface area contributed by atoms with Gasteiger partial charge >= 0.3 is 0 Å². The van der Waals surface area contributed by atoms with Gasteiger partial charge in [0.05, 0.1) is 25.4 Å². The highest BCUT2D eigenvalue weighted by Crippen LogP contribution is 2.13. The van der Waals surface area contributed by atoms with E-state index in [4.69, 9.17) is 4.74 Å². The number of hydrogen-bond donors (Lipinski definition) is 2. The molecule has 0 aliphatic heterocycles. The predicted octanol–water partition coefficient (Wildman–Crippen LogP) is 3.29. The van der Waals surface area contributed by atoms with Crippen LogP contribution in [0.1, 0.15) is 24.6 Å². The lowest BCUT2D eigenvalue weighted by molar-refractivity contribution is 0.281. The van der Waals surface area contributed by atoms with E-state index in [1.54, 1.807) is 6.20 Å². The van der Waals surface area contributed by atoms with Gasteiger partial charge in [-0.1, -0.05) is 18.2 Å². The molecule has 0 amide bonds. The first-order chi connectivity index (χ1) is 13.2. The number of nitrogens with one attached hydrogen (secondary N) is 2. The van der Waals surface area contributed by atoms with Gasteiger partial charge in [0.2, 0.25) is 0 Å². The molecule has 0 aliphatic carbocycles. The topological polar surface area (TPSA) is 61.8 Å². The summed E-state index contributed by atoms with van der Waals surface area (Å²) < 4.78 is 5.77. The van der Waals surface area contributed by atoms with Gasteiger partial charge in [-0.3, -0.25) is 4.98 Å². The van der Waals surface area contributed by atoms with Crippen LogP contribution in [-0.2, 0) is 13.1 Å². The number of halogens is 1. The molecule has 0 aliphatic rings. The highest BCUT2D eigenvalue weighted by Gasteiger charge is 2.00. The molecular formula is C21H32IN5O. The van der Waals surface area contributed by atoms with Crippen molar-refractivity contribution >= 4 is 29.9 Å². The first-order valence-corrected chi connectivity index (χ1v) is 9.46. The van der Waals surface area contributed by atoms with E-state index in [-0.39, 0.29) is 24.0 Å². The molecule has 0 spiro atoms. The largest absolute Gasteiger partial charge is 0.494 e. The second-order valence-electron chi connectivity index (χ2n) is 6.52. The van der Waals surface area contributed by atoms with Crippen molar-refractivity contribution in [2.45, 2.75) is 26.4 Å². The summed E-state index contributed by atoms with van der Waals surface area (Å²) in [4.78, 5) is 11.1. The fourth-order valence-electron chi connectivity index (χ4n) is 2.45. The van der Waals surface area contributed by atoms with Crippen LogP contribution in [0.5, 0.6) is 5.75 Å². The zero-order valence-electron chi connectivity index (χ0n) is 17.0. The first kappa shape index (κ1) is 24.2. The average Bonchev–Trinajstić information content (AvgIpc) is 2.69. The van der Waals surface area contributed by atoms with Crippen LogP contribution in [0.2, 0.25) is 0 Å². The van der Waals surface area contributed by atoms with Crippen LogP contribution in [-0.4, -0.2) is 49.6 Å². The lowest BCUT2D eigenvalue weighted by atomic mass is 10.2. The Balaban J connectivity index is 0.00000392. The summed E-state index contributed by atoms with van der Waals surface area (Å²) in [5, 5.41) is 6.57. The van der Waals surface area contributed by atoms with E-state index >= 15 is 0 Å². The molecular weight excluding hydrogens is 465 g/mol. The molecule has 2 aromatic rings. The molecule has 2 rings (SSSR count). The maximum Gasteiger partial charge on any atom is 0.191 e. The van der Waals surface area contributed by atoms with Gasteiger partial charge in [0.25, 0.3) is 0 Å². The number of nitrogens with zero attached hydrogens (tertiary/aromatic N) is 3. The Bertz CT molecular complexity index is 677. The van der Waals surface area contributed by atoms with Gasteiger partial charge in [-0.05, 0) is 57.3 Å². The Hall–Kier alpha value is -1.87. The fraction of sp³-hybridized carbons (Fsp3) is 0.429. The number of pyridine rings is 1. The third kappa shape index (κ3) is 9.89. The van der Waals surface area contributed by atoms with Gasteiger partial charge in [-0.25, -0.2) is 4.99 Å². The SMILES string of the molecule is CCNC(=NCc1ccc(OCCCN(C)C)cc1)NCc1ccccn1.I. The first-order valence-electron chi connectivity index (χ1n) is 9.46. The molecule has 154 valence electrons. The van der Waals surface area contributed by atoms with E-state index in [9.17, 15) is 0 Å². The number of hydrogen-bond acceptors (Lipinski definition) is 4. The number of aromatic nitrogens is 1. The lowest BCUT2D eigenvalue weighted by Crippen LogP contribution is -2.36. The minimum atomic E-state index is 0. The molecule has 6 nitrogen and oxygen atoms in total. The molecule has 7 heteroatoms. The predicted molar refractivity (Wildman–Crippen MR) is 126 cm³/mol. The molecule has 1 aromatic heterocycles. The van der Waals surface area contributed by atoms with Crippen LogP contribution in [0.15, 0.2) is 53.7 Å². The van der Waals surface area contributed by atoms with Crippen LogP contribution in [0.4, 0.5) is 0 Å². The Morgan fingerprint density at radius 2 is 1.89 bits per heavy atom. The number of ether oxygens (including phenoxy) is 1. The molecule has 0 radical (unpaired) electrons. The highest BCUT2D eigenvalue weighted by molar-refractivity contribution is 14.0. The van der Waals surface area contributed by atoms with E-state index in [1.807, 2.05) is 30.3 Å². The Kier molecular flexibility index (Phi) is 12.2. The fourth-order valence-corrected chi connectivity index (χ4v) is 2.45. The Morgan fingerprint density at radius 3 is 2.54 bits per heavy atom. The van der Waals surface area contributed by atoms with Crippen LogP contribution in [0.25, 0.3) is 0 Å². The molecule has 0 fully saturated rings. The van der Waals surface area contributed by atoms with Gasteiger partial charge in [0.15, 0.2) is 5.96 Å². The molecule has 0 saturated heterocycles. The van der Waals surface area contributed by atoms with Gasteiger partial charge in [0, 0.05) is 19.3 Å². The second-order valence-corrected chi connectivity index (χ2v) is 6.52. The molecule has 0 unspecified atom stereocenters. The van der Waals surface area contributed by atoms with Crippen LogP contribution < -0.4 is 15.4 Å². The van der Waals surface area contributed by atoms with Crippen LogP contribution in [0, 0.1) is 0 Å². The minimum absolute atomic E-state index is 0. The summed E-state index contributed by atoms with van der Waals surface area (Å²) in [5.74, 6) is 1.69. The quantitative estimate of drug-likeness (QED) is 0.228. The monoisotopic (exact) mass is 497 g/mol. The third-order valence-electron chi connectivity index (χ3n) is 3.87. The summed E-state index contributed by atoms with van der Waals surface area (Å²) in [5.41, 5.74) is 2.13. The number of guanidine groups is 1. The van der Waals surface area contributed by atoms with Gasteiger partial charge in [-0.2, -0.15) is 0 Å². The second kappa shape index (κ2) is 14.2. The van der Waals surface area contributed by atoms with E-state index in [1.165, 1.54) is 0 Å². The standard InChI is InChI=1S/C21H31N5O.HI/c1-4-22-21(25-17-19-8-5-6-13-23-19)24-16-18-9-11-20(12-10-18)27-15-7-14-26(2)3;/h5-6,8-13H,4,7,14-17H2,1-3H3,(H2,22,24,25);1H. The van der Waals surface area contributed by atoms with Gasteiger partial charge in [0.1, 0.15) is 5.75 Å². The molecule has 1 aromatic carbocycles. The molecule has 0 bridgehead atoms. The van der Waals surface area contributed by atoms with Crippen molar-refractivity contribution in [3.63, 3.8) is 0 Å². The van der Waals surface area contributed by atoms with Crippen molar-refractivity contribution in [2.24, 2.45) is 4.99 Å². The van der Waals surface area contributed by atoms with E-state index < -0.39 is 0 Å². The van der Waals surface area contributed by atoms with Crippen molar-refractivity contribution in [3.05, 3.63) is 59.9 Å². The molecule has 0 saturated carbocycles. The normalized spacial score (nSPS) is 11.1. The van der Waals surface area contributed by atoms with E-state index in [0.717, 1.165) is 49.1 Å². The van der Waals surface area contributed by atoms with Gasteiger partial charge in [-0.15, -0.1) is 24.0 Å². The van der Waals surface area contributed by atoms with Crippen molar-refractivity contribution in [1.29, 1.82) is 0 Å². The van der Waals surface area contributed by atoms with Crippen LogP contribution in [0.3, 0.4) is 0 Å².